The van der Waals surface area contributed by atoms with Gasteiger partial charge in [-0.15, -0.1) is 0 Å². The average Bonchev–Trinajstić information content (AvgIpc) is 2.34. The maximum absolute atomic E-state index is 11.8. The molecular formula is C14H20N2O5S. The Hall–Kier alpha value is -1.67. The Balaban J connectivity index is 2.58. The van der Waals surface area contributed by atoms with Gasteiger partial charge in [0, 0.05) is 19.3 Å². The third-order valence-corrected chi connectivity index (χ3v) is 4.60. The summed E-state index contributed by atoms with van der Waals surface area (Å²) in [6.45, 7) is 6.62. The number of morpholine rings is 1. The van der Waals surface area contributed by atoms with Crippen molar-refractivity contribution in [3.05, 3.63) is 28.3 Å². The number of hydrogen-bond acceptors (Lipinski definition) is 6. The van der Waals surface area contributed by atoms with Crippen LogP contribution in [0.1, 0.15) is 20.8 Å². The zero-order valence-corrected chi connectivity index (χ0v) is 13.9. The molecule has 0 spiro atoms. The fourth-order valence-electron chi connectivity index (χ4n) is 2.89. The van der Waals surface area contributed by atoms with Crippen LogP contribution in [0.15, 0.2) is 23.1 Å². The van der Waals surface area contributed by atoms with E-state index in [-0.39, 0.29) is 16.7 Å². The van der Waals surface area contributed by atoms with E-state index in [4.69, 9.17) is 4.74 Å². The van der Waals surface area contributed by atoms with Crippen LogP contribution in [0.3, 0.4) is 0 Å². The third-order valence-electron chi connectivity index (χ3n) is 3.47. The maximum Gasteiger partial charge on any atom is 0.311 e. The lowest BCUT2D eigenvalue weighted by molar-refractivity contribution is -0.387. The Kier molecular flexibility index (Phi) is 4.18. The molecule has 22 heavy (non-hydrogen) atoms. The zero-order valence-electron chi connectivity index (χ0n) is 13.1. The topological polar surface area (TPSA) is 89.8 Å². The molecule has 1 heterocycles. The molecule has 0 amide bonds. The number of benzene rings is 1. The van der Waals surface area contributed by atoms with E-state index in [9.17, 15) is 18.5 Å². The molecule has 1 saturated heterocycles. The molecule has 1 aromatic rings. The van der Waals surface area contributed by atoms with Crippen molar-refractivity contribution in [2.45, 2.75) is 37.4 Å². The van der Waals surface area contributed by atoms with E-state index in [1.165, 1.54) is 12.1 Å². The number of anilines is 1. The highest BCUT2D eigenvalue weighted by Gasteiger charge is 2.36. The zero-order chi connectivity index (χ0) is 16.7. The number of rotatable bonds is 3. The van der Waals surface area contributed by atoms with Crippen LogP contribution < -0.4 is 4.90 Å². The molecule has 0 radical (unpaired) electrons. The molecule has 1 aliphatic rings. The van der Waals surface area contributed by atoms with Gasteiger partial charge < -0.3 is 9.64 Å². The van der Waals surface area contributed by atoms with Crippen molar-refractivity contribution in [1.29, 1.82) is 0 Å². The second kappa shape index (κ2) is 5.51. The molecule has 0 N–H and O–H groups in total. The van der Waals surface area contributed by atoms with Gasteiger partial charge in [0.2, 0.25) is 0 Å². The van der Waals surface area contributed by atoms with Gasteiger partial charge in [0.05, 0.1) is 16.6 Å². The number of nitrogens with zero attached hydrogens (tertiary/aromatic N) is 2. The second-order valence-corrected chi connectivity index (χ2v) is 8.21. The third kappa shape index (κ3) is 3.38. The van der Waals surface area contributed by atoms with Crippen LogP contribution in [0.25, 0.3) is 0 Å². The molecule has 1 aromatic carbocycles. The van der Waals surface area contributed by atoms with Crippen LogP contribution >= 0.6 is 0 Å². The monoisotopic (exact) mass is 328 g/mol. The molecule has 0 bridgehead atoms. The van der Waals surface area contributed by atoms with Gasteiger partial charge in [-0.1, -0.05) is 6.07 Å². The quantitative estimate of drug-likeness (QED) is 0.623. The molecule has 1 aliphatic heterocycles. The second-order valence-electron chi connectivity index (χ2n) is 6.22. The van der Waals surface area contributed by atoms with Crippen molar-refractivity contribution in [3.63, 3.8) is 0 Å². The minimum atomic E-state index is -3.68. The summed E-state index contributed by atoms with van der Waals surface area (Å²) in [5.41, 5.74) is -0.516. The molecule has 0 saturated carbocycles. The molecule has 0 aromatic heterocycles. The number of hydrogen-bond donors (Lipinski definition) is 0. The smallest absolute Gasteiger partial charge is 0.311 e. The molecular weight excluding hydrogens is 308 g/mol. The van der Waals surface area contributed by atoms with E-state index in [0.29, 0.717) is 18.8 Å². The van der Waals surface area contributed by atoms with E-state index >= 15 is 0 Å². The highest BCUT2D eigenvalue weighted by atomic mass is 32.2. The number of nitro groups is 1. The Labute approximate surface area is 129 Å². The van der Waals surface area contributed by atoms with Crippen molar-refractivity contribution >= 4 is 21.2 Å². The number of sulfone groups is 1. The standard InChI is InChI=1S/C14H20N2O5S/c1-10-8-15(9-14(2,3)21-10)11-6-5-7-12(22(4,19)20)13(11)16(17)18/h5-7,10H,8-9H2,1-4H3. The van der Waals surface area contributed by atoms with E-state index in [1.54, 1.807) is 6.07 Å². The van der Waals surface area contributed by atoms with Crippen molar-refractivity contribution in [3.8, 4) is 0 Å². The Morgan fingerprint density at radius 1 is 1.41 bits per heavy atom. The van der Waals surface area contributed by atoms with Gasteiger partial charge in [-0.05, 0) is 32.9 Å². The van der Waals surface area contributed by atoms with Crippen LogP contribution in [0.2, 0.25) is 0 Å². The lowest BCUT2D eigenvalue weighted by atomic mass is 10.0. The first-order valence-corrected chi connectivity index (χ1v) is 8.80. The normalized spacial score (nSPS) is 21.6. The molecule has 2 rings (SSSR count). The minimum absolute atomic E-state index is 0.106. The summed E-state index contributed by atoms with van der Waals surface area (Å²) in [7, 11) is -3.68. The van der Waals surface area contributed by atoms with E-state index < -0.39 is 20.4 Å². The number of ether oxygens (including phenoxy) is 1. The maximum atomic E-state index is 11.8. The fraction of sp³-hybridized carbons (Fsp3) is 0.571. The first kappa shape index (κ1) is 16.7. The van der Waals surface area contributed by atoms with Gasteiger partial charge >= 0.3 is 5.69 Å². The number of para-hydroxylation sites is 1. The first-order valence-electron chi connectivity index (χ1n) is 6.91. The van der Waals surface area contributed by atoms with Crippen molar-refractivity contribution in [2.24, 2.45) is 0 Å². The van der Waals surface area contributed by atoms with E-state index in [0.717, 1.165) is 6.26 Å². The van der Waals surface area contributed by atoms with Gasteiger partial charge in [-0.3, -0.25) is 10.1 Å². The predicted molar refractivity (Wildman–Crippen MR) is 83.0 cm³/mol. The Morgan fingerprint density at radius 2 is 2.05 bits per heavy atom. The van der Waals surface area contributed by atoms with Gasteiger partial charge in [0.25, 0.3) is 0 Å². The number of nitro benzene ring substituents is 1. The van der Waals surface area contributed by atoms with Crippen LogP contribution in [-0.4, -0.2) is 44.4 Å². The van der Waals surface area contributed by atoms with Crippen molar-refractivity contribution in [1.82, 2.24) is 0 Å². The summed E-state index contributed by atoms with van der Waals surface area (Å²) in [4.78, 5) is 12.4. The van der Waals surface area contributed by atoms with Crippen LogP contribution in [0.4, 0.5) is 11.4 Å². The summed E-state index contributed by atoms with van der Waals surface area (Å²) in [5.74, 6) is 0. The van der Waals surface area contributed by atoms with Crippen LogP contribution in [0.5, 0.6) is 0 Å². The summed E-state index contributed by atoms with van der Waals surface area (Å²) in [6, 6.07) is 4.39. The summed E-state index contributed by atoms with van der Waals surface area (Å²) < 4.78 is 29.5. The summed E-state index contributed by atoms with van der Waals surface area (Å²) in [6.07, 6.45) is 0.871. The van der Waals surface area contributed by atoms with E-state index in [1.807, 2.05) is 25.7 Å². The van der Waals surface area contributed by atoms with Crippen LogP contribution in [0, 0.1) is 10.1 Å². The van der Waals surface area contributed by atoms with Gasteiger partial charge in [-0.2, -0.15) is 0 Å². The van der Waals surface area contributed by atoms with Crippen molar-refractivity contribution < 1.29 is 18.1 Å². The highest BCUT2D eigenvalue weighted by Crippen LogP contribution is 2.37. The summed E-state index contributed by atoms with van der Waals surface area (Å²) in [5, 5.41) is 11.5. The molecule has 1 fully saturated rings. The SMILES string of the molecule is CC1CN(c2cccc(S(C)(=O)=O)c2[N+](=O)[O-])CC(C)(C)O1. The minimum Gasteiger partial charge on any atom is -0.369 e. The summed E-state index contributed by atoms with van der Waals surface area (Å²) >= 11 is 0. The lowest BCUT2D eigenvalue weighted by Gasteiger charge is -2.42. The molecule has 122 valence electrons. The Bertz CT molecular complexity index is 699. The fourth-order valence-corrected chi connectivity index (χ4v) is 3.74. The highest BCUT2D eigenvalue weighted by molar-refractivity contribution is 7.90. The molecule has 0 aliphatic carbocycles. The molecule has 7 nitrogen and oxygen atoms in total. The van der Waals surface area contributed by atoms with Gasteiger partial charge in [-0.25, -0.2) is 8.42 Å². The van der Waals surface area contributed by atoms with E-state index in [2.05, 4.69) is 0 Å². The predicted octanol–water partition coefficient (Wildman–Crippen LogP) is 2.00. The average molecular weight is 328 g/mol. The first-order chi connectivity index (χ1) is 10.0. The van der Waals surface area contributed by atoms with Crippen LogP contribution in [-0.2, 0) is 14.6 Å². The molecule has 8 heteroatoms. The van der Waals surface area contributed by atoms with Crippen molar-refractivity contribution in [2.75, 3.05) is 24.2 Å². The van der Waals surface area contributed by atoms with Gasteiger partial charge in [0.15, 0.2) is 9.84 Å². The molecule has 1 atom stereocenters. The largest absolute Gasteiger partial charge is 0.369 e. The van der Waals surface area contributed by atoms with Gasteiger partial charge in [0.1, 0.15) is 10.6 Å². The Morgan fingerprint density at radius 3 is 2.55 bits per heavy atom. The molecule has 1 unspecified atom stereocenters. The lowest BCUT2D eigenvalue weighted by Crippen LogP contribution is -2.52.